The molecule has 2 aromatic carbocycles. The Bertz CT molecular complexity index is 880. The number of hydrogen-bond acceptors (Lipinski definition) is 1. The van der Waals surface area contributed by atoms with E-state index in [-0.39, 0.29) is 5.96 Å². The lowest BCUT2D eigenvalue weighted by Crippen LogP contribution is -2.24. The SMILES string of the molecule is Cc1cc(Cl)ccc1C1=CCCc2ccc(C(=O)N=C(N)N)cc21. The van der Waals surface area contributed by atoms with Crippen LogP contribution in [0.3, 0.4) is 0 Å². The zero-order valence-corrected chi connectivity index (χ0v) is 14.1. The van der Waals surface area contributed by atoms with Gasteiger partial charge in [0, 0.05) is 10.6 Å². The van der Waals surface area contributed by atoms with Gasteiger partial charge in [-0.2, -0.15) is 4.99 Å². The van der Waals surface area contributed by atoms with Crippen molar-refractivity contribution < 1.29 is 4.79 Å². The van der Waals surface area contributed by atoms with Gasteiger partial charge in [-0.15, -0.1) is 0 Å². The van der Waals surface area contributed by atoms with E-state index in [0.29, 0.717) is 10.6 Å². The first kappa shape index (κ1) is 16.3. The summed E-state index contributed by atoms with van der Waals surface area (Å²) in [7, 11) is 0. The number of amides is 1. The van der Waals surface area contributed by atoms with Crippen LogP contribution < -0.4 is 11.5 Å². The average Bonchev–Trinajstić information content (AvgIpc) is 2.53. The summed E-state index contributed by atoms with van der Waals surface area (Å²) in [6.07, 6.45) is 4.11. The summed E-state index contributed by atoms with van der Waals surface area (Å²) >= 11 is 6.07. The Kier molecular flexibility index (Phi) is 4.40. The van der Waals surface area contributed by atoms with Gasteiger partial charge in [0.2, 0.25) is 0 Å². The molecule has 5 heteroatoms. The number of aliphatic imine (C=N–C) groups is 1. The van der Waals surface area contributed by atoms with Crippen LogP contribution in [0.5, 0.6) is 0 Å². The zero-order chi connectivity index (χ0) is 17.3. The minimum atomic E-state index is -0.435. The minimum Gasteiger partial charge on any atom is -0.370 e. The van der Waals surface area contributed by atoms with Crippen molar-refractivity contribution in [3.05, 3.63) is 75.3 Å². The highest BCUT2D eigenvalue weighted by Gasteiger charge is 2.18. The highest BCUT2D eigenvalue weighted by atomic mass is 35.5. The molecule has 0 fully saturated rings. The first-order valence-corrected chi connectivity index (χ1v) is 8.07. The largest absolute Gasteiger partial charge is 0.370 e. The number of rotatable bonds is 2. The van der Waals surface area contributed by atoms with Crippen LogP contribution in [0.25, 0.3) is 5.57 Å². The van der Waals surface area contributed by atoms with Gasteiger partial charge in [-0.3, -0.25) is 4.79 Å². The zero-order valence-electron chi connectivity index (χ0n) is 13.3. The molecule has 122 valence electrons. The van der Waals surface area contributed by atoms with Gasteiger partial charge in [0.15, 0.2) is 5.96 Å². The Morgan fingerprint density at radius 1 is 1.12 bits per heavy atom. The van der Waals surface area contributed by atoms with Crippen LogP contribution in [0.4, 0.5) is 0 Å². The highest BCUT2D eigenvalue weighted by molar-refractivity contribution is 6.30. The monoisotopic (exact) mass is 339 g/mol. The fourth-order valence-corrected chi connectivity index (χ4v) is 3.25. The number of fused-ring (bicyclic) bond motifs is 1. The minimum absolute atomic E-state index is 0.234. The fraction of sp³-hybridized carbons (Fsp3) is 0.158. The van der Waals surface area contributed by atoms with Gasteiger partial charge in [0.05, 0.1) is 0 Å². The molecular formula is C19H18ClN3O. The molecule has 0 spiro atoms. The van der Waals surface area contributed by atoms with Crippen molar-refractivity contribution in [1.82, 2.24) is 0 Å². The third-order valence-corrected chi connectivity index (χ3v) is 4.35. The molecule has 0 radical (unpaired) electrons. The van der Waals surface area contributed by atoms with Crippen molar-refractivity contribution in [3.63, 3.8) is 0 Å². The second-order valence-corrected chi connectivity index (χ2v) is 6.27. The summed E-state index contributed by atoms with van der Waals surface area (Å²) in [5.41, 5.74) is 16.7. The number of halogens is 1. The Labute approximate surface area is 145 Å². The van der Waals surface area contributed by atoms with E-state index in [1.54, 1.807) is 6.07 Å². The molecule has 4 N–H and O–H groups in total. The van der Waals surface area contributed by atoms with E-state index in [2.05, 4.69) is 11.1 Å². The average molecular weight is 340 g/mol. The molecule has 0 saturated carbocycles. The van der Waals surface area contributed by atoms with Crippen molar-refractivity contribution in [2.45, 2.75) is 19.8 Å². The van der Waals surface area contributed by atoms with Crippen LogP contribution in [0.15, 0.2) is 47.5 Å². The standard InChI is InChI=1S/C19H18ClN3O/c1-11-9-14(20)7-8-15(11)16-4-2-3-12-5-6-13(10-17(12)16)18(24)23-19(21)22/h4-10H,2-3H2,1H3,(H4,21,22,23,24). The Morgan fingerprint density at radius 3 is 2.62 bits per heavy atom. The van der Waals surface area contributed by atoms with Crippen molar-refractivity contribution in [2.75, 3.05) is 0 Å². The summed E-state index contributed by atoms with van der Waals surface area (Å²) in [5, 5.41) is 0.713. The van der Waals surface area contributed by atoms with Crippen LogP contribution in [-0.4, -0.2) is 11.9 Å². The number of carbonyl (C=O) groups is 1. The summed E-state index contributed by atoms with van der Waals surface area (Å²) in [5.74, 6) is -0.669. The molecule has 1 aliphatic carbocycles. The van der Waals surface area contributed by atoms with Gasteiger partial charge >= 0.3 is 0 Å². The second-order valence-electron chi connectivity index (χ2n) is 5.83. The number of nitrogens with two attached hydrogens (primary N) is 2. The molecule has 0 saturated heterocycles. The molecule has 24 heavy (non-hydrogen) atoms. The molecule has 1 amide bonds. The lowest BCUT2D eigenvalue weighted by molar-refractivity contribution is 0.100. The number of allylic oxidation sites excluding steroid dienone is 1. The van der Waals surface area contributed by atoms with Crippen molar-refractivity contribution in [3.8, 4) is 0 Å². The molecule has 0 heterocycles. The maximum absolute atomic E-state index is 12.1. The molecule has 0 bridgehead atoms. The second kappa shape index (κ2) is 6.49. The third-order valence-electron chi connectivity index (χ3n) is 4.12. The predicted molar refractivity (Wildman–Crippen MR) is 98.2 cm³/mol. The van der Waals surface area contributed by atoms with E-state index >= 15 is 0 Å². The Morgan fingerprint density at radius 2 is 1.92 bits per heavy atom. The molecule has 3 rings (SSSR count). The first-order chi connectivity index (χ1) is 11.5. The third kappa shape index (κ3) is 3.19. The number of carbonyl (C=O) groups excluding carboxylic acids is 1. The summed E-state index contributed by atoms with van der Waals surface area (Å²) in [6.45, 7) is 2.03. The van der Waals surface area contributed by atoms with Crippen LogP contribution >= 0.6 is 11.6 Å². The number of hydrogen-bond donors (Lipinski definition) is 2. The molecule has 1 aliphatic rings. The van der Waals surface area contributed by atoms with E-state index in [1.165, 1.54) is 5.56 Å². The van der Waals surface area contributed by atoms with Crippen molar-refractivity contribution in [1.29, 1.82) is 0 Å². The summed E-state index contributed by atoms with van der Waals surface area (Å²) in [6, 6.07) is 11.5. The molecule has 0 aliphatic heterocycles. The van der Waals surface area contributed by atoms with Crippen molar-refractivity contribution >= 4 is 29.0 Å². The highest BCUT2D eigenvalue weighted by Crippen LogP contribution is 2.34. The van der Waals surface area contributed by atoms with E-state index in [9.17, 15) is 4.79 Å². The van der Waals surface area contributed by atoms with Gasteiger partial charge < -0.3 is 11.5 Å². The Balaban J connectivity index is 2.09. The molecule has 0 unspecified atom stereocenters. The summed E-state index contributed by atoms with van der Waals surface area (Å²) in [4.78, 5) is 15.7. The van der Waals surface area contributed by atoms with Crippen LogP contribution in [0.2, 0.25) is 5.02 Å². The van der Waals surface area contributed by atoms with Gasteiger partial charge in [0.1, 0.15) is 0 Å². The first-order valence-electron chi connectivity index (χ1n) is 7.69. The van der Waals surface area contributed by atoms with E-state index in [1.807, 2.05) is 37.3 Å². The smallest absolute Gasteiger partial charge is 0.280 e. The molecule has 0 aromatic heterocycles. The maximum Gasteiger partial charge on any atom is 0.280 e. The van der Waals surface area contributed by atoms with Gasteiger partial charge in [0.25, 0.3) is 5.91 Å². The maximum atomic E-state index is 12.1. The predicted octanol–water partition coefficient (Wildman–Crippen LogP) is 3.44. The van der Waals surface area contributed by atoms with Gasteiger partial charge in [-0.05, 0) is 71.9 Å². The van der Waals surface area contributed by atoms with Gasteiger partial charge in [-0.1, -0.05) is 29.8 Å². The number of guanidine groups is 1. The lowest BCUT2D eigenvalue weighted by atomic mass is 9.84. The molecular weight excluding hydrogens is 322 g/mol. The lowest BCUT2D eigenvalue weighted by Gasteiger charge is -2.20. The normalized spacial score (nSPS) is 13.0. The van der Waals surface area contributed by atoms with Crippen LogP contribution in [0, 0.1) is 6.92 Å². The van der Waals surface area contributed by atoms with Crippen molar-refractivity contribution in [2.24, 2.45) is 16.5 Å². The van der Waals surface area contributed by atoms with E-state index in [0.717, 1.165) is 35.1 Å². The van der Waals surface area contributed by atoms with E-state index < -0.39 is 5.91 Å². The van der Waals surface area contributed by atoms with Gasteiger partial charge in [-0.25, -0.2) is 0 Å². The topological polar surface area (TPSA) is 81.5 Å². The quantitative estimate of drug-likeness (QED) is 0.649. The molecule has 2 aromatic rings. The fourth-order valence-electron chi connectivity index (χ4n) is 3.03. The Hall–Kier alpha value is -2.59. The number of aryl methyl sites for hydroxylation is 2. The molecule has 4 nitrogen and oxygen atoms in total. The summed E-state index contributed by atoms with van der Waals surface area (Å²) < 4.78 is 0. The van der Waals surface area contributed by atoms with Crippen LogP contribution in [0.1, 0.15) is 39.0 Å². The van der Waals surface area contributed by atoms with E-state index in [4.69, 9.17) is 23.1 Å². The van der Waals surface area contributed by atoms with Crippen LogP contribution in [-0.2, 0) is 6.42 Å². The molecule has 0 atom stereocenters. The number of benzene rings is 2. The number of nitrogens with zero attached hydrogens (tertiary/aromatic N) is 1.